The summed E-state index contributed by atoms with van der Waals surface area (Å²) >= 11 is 11.8. The summed E-state index contributed by atoms with van der Waals surface area (Å²) in [6, 6.07) is 11.1. The molecule has 0 aliphatic heterocycles. The molecule has 0 saturated heterocycles. The van der Waals surface area contributed by atoms with Crippen LogP contribution in [0.3, 0.4) is 0 Å². The zero-order chi connectivity index (χ0) is 16.3. The molecule has 0 spiro atoms. The zero-order valence-corrected chi connectivity index (χ0v) is 16.1. The summed E-state index contributed by atoms with van der Waals surface area (Å²) in [6.45, 7) is 4.28. The number of hydrogen-bond acceptors (Lipinski definition) is 1. The van der Waals surface area contributed by atoms with Crippen molar-refractivity contribution in [2.45, 2.75) is 19.8 Å². The lowest BCUT2D eigenvalue weighted by molar-refractivity contribution is 0.630. The van der Waals surface area contributed by atoms with Crippen molar-refractivity contribution in [1.29, 1.82) is 0 Å². The number of nitrogens with one attached hydrogen (secondary N) is 2. The Bertz CT molecular complexity index is 664. The maximum absolute atomic E-state index is 13.9. The Morgan fingerprint density at radius 3 is 2.27 bits per heavy atom. The average molecular weight is 446 g/mol. The molecule has 0 unspecified atom stereocenters. The standard InChI is InChI=1S/C16H15Br2FN2S/c1-9(2)10-3-5-12(6-4-10)20-16(22)21-15-13(18)7-11(17)8-14(15)19/h3-9H,1-2H3,(H2,20,21,22). The van der Waals surface area contributed by atoms with Gasteiger partial charge in [-0.3, -0.25) is 0 Å². The van der Waals surface area contributed by atoms with Gasteiger partial charge in [0.25, 0.3) is 0 Å². The Balaban J connectivity index is 2.07. The van der Waals surface area contributed by atoms with Crippen LogP contribution in [0.1, 0.15) is 25.3 Å². The van der Waals surface area contributed by atoms with Crippen LogP contribution in [0.5, 0.6) is 0 Å². The molecule has 0 aromatic heterocycles. The molecule has 0 heterocycles. The molecule has 0 aliphatic carbocycles. The molecule has 2 nitrogen and oxygen atoms in total. The molecule has 0 fully saturated rings. The van der Waals surface area contributed by atoms with Gasteiger partial charge in [0.15, 0.2) is 5.11 Å². The van der Waals surface area contributed by atoms with Crippen LogP contribution in [0.25, 0.3) is 0 Å². The van der Waals surface area contributed by atoms with Crippen LogP contribution >= 0.6 is 44.1 Å². The molecule has 0 aliphatic rings. The number of anilines is 2. The van der Waals surface area contributed by atoms with Gasteiger partial charge in [0.05, 0.1) is 5.69 Å². The Labute approximate surface area is 151 Å². The van der Waals surface area contributed by atoms with Gasteiger partial charge in [0.2, 0.25) is 0 Å². The van der Waals surface area contributed by atoms with Crippen LogP contribution in [-0.4, -0.2) is 5.11 Å². The first-order chi connectivity index (χ1) is 10.4. The fraction of sp³-hybridized carbons (Fsp3) is 0.188. The maximum Gasteiger partial charge on any atom is 0.175 e. The number of halogens is 3. The second-order valence-electron chi connectivity index (χ2n) is 5.10. The highest BCUT2D eigenvalue weighted by molar-refractivity contribution is 9.11. The highest BCUT2D eigenvalue weighted by atomic mass is 79.9. The molecule has 22 heavy (non-hydrogen) atoms. The molecule has 0 radical (unpaired) electrons. The van der Waals surface area contributed by atoms with Gasteiger partial charge >= 0.3 is 0 Å². The van der Waals surface area contributed by atoms with Crippen LogP contribution < -0.4 is 10.6 Å². The van der Waals surface area contributed by atoms with E-state index in [1.54, 1.807) is 6.07 Å². The Hall–Kier alpha value is -0.980. The molecule has 2 N–H and O–H groups in total. The van der Waals surface area contributed by atoms with E-state index in [-0.39, 0.29) is 5.82 Å². The summed E-state index contributed by atoms with van der Waals surface area (Å²) in [7, 11) is 0. The first kappa shape index (κ1) is 17.4. The van der Waals surface area contributed by atoms with E-state index in [9.17, 15) is 4.39 Å². The van der Waals surface area contributed by atoms with E-state index in [0.717, 1.165) is 5.69 Å². The third-order valence-corrected chi connectivity index (χ3v) is 4.37. The SMILES string of the molecule is CC(C)c1ccc(NC(=S)Nc2c(F)cc(Br)cc2Br)cc1. The van der Waals surface area contributed by atoms with Crippen molar-refractivity contribution < 1.29 is 4.39 Å². The van der Waals surface area contributed by atoms with Crippen LogP contribution in [0.2, 0.25) is 0 Å². The topological polar surface area (TPSA) is 24.1 Å². The van der Waals surface area contributed by atoms with Gasteiger partial charge in [-0.1, -0.05) is 41.9 Å². The van der Waals surface area contributed by atoms with E-state index in [1.165, 1.54) is 11.6 Å². The van der Waals surface area contributed by atoms with Crippen molar-refractivity contribution >= 4 is 60.6 Å². The van der Waals surface area contributed by atoms with Crippen LogP contribution in [0, 0.1) is 5.82 Å². The molecule has 116 valence electrons. The van der Waals surface area contributed by atoms with E-state index < -0.39 is 0 Å². The lowest BCUT2D eigenvalue weighted by Crippen LogP contribution is -2.20. The first-order valence-corrected chi connectivity index (χ1v) is 8.68. The Kier molecular flexibility index (Phi) is 5.94. The highest BCUT2D eigenvalue weighted by Gasteiger charge is 2.10. The maximum atomic E-state index is 13.9. The normalized spacial score (nSPS) is 10.6. The van der Waals surface area contributed by atoms with Crippen molar-refractivity contribution in [2.75, 3.05) is 10.6 Å². The molecule has 0 amide bonds. The second kappa shape index (κ2) is 7.53. The van der Waals surface area contributed by atoms with Gasteiger partial charge in [-0.2, -0.15) is 0 Å². The van der Waals surface area contributed by atoms with Crippen molar-refractivity contribution in [1.82, 2.24) is 0 Å². The monoisotopic (exact) mass is 444 g/mol. The third-order valence-electron chi connectivity index (χ3n) is 3.08. The molecule has 2 rings (SSSR count). The van der Waals surface area contributed by atoms with Crippen molar-refractivity contribution in [3.8, 4) is 0 Å². The fourth-order valence-corrected chi connectivity index (χ4v) is 3.38. The van der Waals surface area contributed by atoms with Crippen molar-refractivity contribution in [3.63, 3.8) is 0 Å². The van der Waals surface area contributed by atoms with E-state index in [0.29, 0.717) is 25.7 Å². The minimum Gasteiger partial charge on any atom is -0.332 e. The molecule has 2 aromatic rings. The molecule has 0 bridgehead atoms. The lowest BCUT2D eigenvalue weighted by Gasteiger charge is -2.14. The summed E-state index contributed by atoms with van der Waals surface area (Å²) in [5, 5.41) is 6.25. The summed E-state index contributed by atoms with van der Waals surface area (Å²) in [6.07, 6.45) is 0. The quantitative estimate of drug-likeness (QED) is 0.543. The fourth-order valence-electron chi connectivity index (χ4n) is 1.89. The van der Waals surface area contributed by atoms with Crippen molar-refractivity contribution in [2.24, 2.45) is 0 Å². The molecule has 0 saturated carbocycles. The second-order valence-corrected chi connectivity index (χ2v) is 7.28. The van der Waals surface area contributed by atoms with Gasteiger partial charge in [0.1, 0.15) is 5.82 Å². The predicted octanol–water partition coefficient (Wildman–Crippen LogP) is 6.28. The number of benzene rings is 2. The minimum absolute atomic E-state index is 0.305. The van der Waals surface area contributed by atoms with Gasteiger partial charge in [0, 0.05) is 14.6 Å². The summed E-state index contributed by atoms with van der Waals surface area (Å²) in [4.78, 5) is 0. The zero-order valence-electron chi connectivity index (χ0n) is 12.1. The number of rotatable bonds is 3. The lowest BCUT2D eigenvalue weighted by atomic mass is 10.0. The van der Waals surface area contributed by atoms with Gasteiger partial charge in [-0.25, -0.2) is 4.39 Å². The molecule has 2 aromatic carbocycles. The van der Waals surface area contributed by atoms with E-state index in [1.807, 2.05) is 24.3 Å². The third kappa shape index (κ3) is 4.51. The Morgan fingerprint density at radius 2 is 1.73 bits per heavy atom. The number of hydrogen-bond donors (Lipinski definition) is 2. The Morgan fingerprint density at radius 1 is 1.09 bits per heavy atom. The van der Waals surface area contributed by atoms with E-state index in [4.69, 9.17) is 12.2 Å². The predicted molar refractivity (Wildman–Crippen MR) is 102 cm³/mol. The van der Waals surface area contributed by atoms with Gasteiger partial charge in [-0.05, 0) is 63.9 Å². The average Bonchev–Trinajstić information content (AvgIpc) is 2.43. The van der Waals surface area contributed by atoms with Gasteiger partial charge < -0.3 is 10.6 Å². The summed E-state index contributed by atoms with van der Waals surface area (Å²) in [5.74, 6) is 0.0903. The van der Waals surface area contributed by atoms with E-state index >= 15 is 0 Å². The molecule has 0 atom stereocenters. The summed E-state index contributed by atoms with van der Waals surface area (Å²) in [5.41, 5.74) is 2.42. The largest absolute Gasteiger partial charge is 0.332 e. The molecular formula is C16H15Br2FN2S. The van der Waals surface area contributed by atoms with Crippen LogP contribution in [-0.2, 0) is 0 Å². The first-order valence-electron chi connectivity index (χ1n) is 6.69. The highest BCUT2D eigenvalue weighted by Crippen LogP contribution is 2.29. The van der Waals surface area contributed by atoms with Crippen molar-refractivity contribution in [3.05, 3.63) is 56.7 Å². The minimum atomic E-state index is -0.388. The van der Waals surface area contributed by atoms with Crippen LogP contribution in [0.15, 0.2) is 45.3 Å². The summed E-state index contributed by atoms with van der Waals surface area (Å²) < 4.78 is 15.2. The smallest absolute Gasteiger partial charge is 0.175 e. The number of thiocarbonyl (C=S) groups is 1. The van der Waals surface area contributed by atoms with Gasteiger partial charge in [-0.15, -0.1) is 0 Å². The molecular weight excluding hydrogens is 431 g/mol. The molecule has 6 heteroatoms. The van der Waals surface area contributed by atoms with Crippen LogP contribution in [0.4, 0.5) is 15.8 Å². The van der Waals surface area contributed by atoms with E-state index in [2.05, 4.69) is 56.3 Å².